The van der Waals surface area contributed by atoms with E-state index in [2.05, 4.69) is 30.7 Å². The summed E-state index contributed by atoms with van der Waals surface area (Å²) in [6, 6.07) is 11.3. The standard InChI is InChI=1S/C22H23N7O2/c30-21-29(20-4-2-12-26-28-20)15-22(31-21)9-7-16(8-10-22)13-23-19-6-5-17(14-24-19)18-3-1-11-25-27-18/h1-6,11-12,14,16H,7-10,13,15H2,(H,23,24). The Balaban J connectivity index is 1.14. The van der Waals surface area contributed by atoms with E-state index in [1.165, 1.54) is 0 Å². The molecule has 1 aliphatic carbocycles. The van der Waals surface area contributed by atoms with Gasteiger partial charge in [0.25, 0.3) is 0 Å². The van der Waals surface area contributed by atoms with Gasteiger partial charge in [0.05, 0.1) is 12.2 Å². The topological polar surface area (TPSA) is 106 Å². The molecule has 2 aliphatic rings. The van der Waals surface area contributed by atoms with E-state index < -0.39 is 5.60 Å². The number of hydrogen-bond acceptors (Lipinski definition) is 8. The van der Waals surface area contributed by atoms with Gasteiger partial charge in [-0.2, -0.15) is 15.3 Å². The van der Waals surface area contributed by atoms with Crippen LogP contribution in [0.1, 0.15) is 25.7 Å². The van der Waals surface area contributed by atoms with E-state index in [0.29, 0.717) is 18.3 Å². The molecule has 5 rings (SSSR count). The van der Waals surface area contributed by atoms with Crippen molar-refractivity contribution >= 4 is 17.7 Å². The minimum absolute atomic E-state index is 0.329. The Morgan fingerprint density at radius 2 is 1.87 bits per heavy atom. The van der Waals surface area contributed by atoms with Crippen molar-refractivity contribution in [2.45, 2.75) is 31.3 Å². The van der Waals surface area contributed by atoms with Crippen molar-refractivity contribution in [3.05, 3.63) is 55.0 Å². The highest BCUT2D eigenvalue weighted by atomic mass is 16.6. The molecule has 31 heavy (non-hydrogen) atoms. The van der Waals surface area contributed by atoms with Crippen LogP contribution in [0.15, 0.2) is 55.0 Å². The largest absolute Gasteiger partial charge is 0.441 e. The van der Waals surface area contributed by atoms with Gasteiger partial charge < -0.3 is 10.1 Å². The molecule has 4 heterocycles. The second-order valence-corrected chi connectivity index (χ2v) is 8.08. The number of ether oxygens (including phenoxy) is 1. The fraction of sp³-hybridized carbons (Fsp3) is 0.364. The van der Waals surface area contributed by atoms with E-state index >= 15 is 0 Å². The summed E-state index contributed by atoms with van der Waals surface area (Å²) >= 11 is 0. The van der Waals surface area contributed by atoms with E-state index in [9.17, 15) is 4.79 Å². The van der Waals surface area contributed by atoms with E-state index in [1.807, 2.05) is 24.3 Å². The first-order valence-corrected chi connectivity index (χ1v) is 10.5. The van der Waals surface area contributed by atoms with Gasteiger partial charge in [-0.05, 0) is 68.0 Å². The Bertz CT molecular complexity index is 1020. The van der Waals surface area contributed by atoms with Crippen LogP contribution in [0.3, 0.4) is 0 Å². The van der Waals surface area contributed by atoms with E-state index in [1.54, 1.807) is 35.6 Å². The lowest BCUT2D eigenvalue weighted by Gasteiger charge is -2.35. The average Bonchev–Trinajstić information content (AvgIpc) is 3.16. The number of carbonyl (C=O) groups is 1. The Kier molecular flexibility index (Phi) is 5.15. The first-order valence-electron chi connectivity index (χ1n) is 10.5. The van der Waals surface area contributed by atoms with Gasteiger partial charge in [0.2, 0.25) is 0 Å². The van der Waals surface area contributed by atoms with Gasteiger partial charge in [0, 0.05) is 30.7 Å². The van der Waals surface area contributed by atoms with Crippen molar-refractivity contribution in [2.75, 3.05) is 23.3 Å². The summed E-state index contributed by atoms with van der Waals surface area (Å²) in [5.41, 5.74) is 1.33. The summed E-state index contributed by atoms with van der Waals surface area (Å²) in [5, 5.41) is 19.3. The number of amides is 1. The maximum Gasteiger partial charge on any atom is 0.416 e. The molecular formula is C22H23N7O2. The zero-order valence-corrected chi connectivity index (χ0v) is 17.0. The molecule has 0 aromatic carbocycles. The first kappa shape index (κ1) is 19.3. The third-order valence-electron chi connectivity index (χ3n) is 6.03. The van der Waals surface area contributed by atoms with Crippen LogP contribution in [0, 0.1) is 5.92 Å². The number of carbonyl (C=O) groups excluding carboxylic acids is 1. The Labute approximate surface area is 179 Å². The molecule has 158 valence electrons. The summed E-state index contributed by atoms with van der Waals surface area (Å²) in [7, 11) is 0. The second-order valence-electron chi connectivity index (χ2n) is 8.08. The highest BCUT2D eigenvalue weighted by molar-refractivity contribution is 5.89. The normalized spacial score (nSPS) is 23.0. The quantitative estimate of drug-likeness (QED) is 0.674. The Hall–Kier alpha value is -3.62. The van der Waals surface area contributed by atoms with E-state index in [4.69, 9.17) is 4.74 Å². The van der Waals surface area contributed by atoms with Crippen molar-refractivity contribution in [3.63, 3.8) is 0 Å². The maximum absolute atomic E-state index is 12.4. The molecule has 1 spiro atoms. The van der Waals surface area contributed by atoms with Crippen LogP contribution in [-0.4, -0.2) is 50.2 Å². The van der Waals surface area contributed by atoms with Crippen molar-refractivity contribution < 1.29 is 9.53 Å². The molecule has 0 atom stereocenters. The predicted molar refractivity (Wildman–Crippen MR) is 114 cm³/mol. The van der Waals surface area contributed by atoms with Crippen LogP contribution in [0.2, 0.25) is 0 Å². The van der Waals surface area contributed by atoms with Gasteiger partial charge in [-0.15, -0.1) is 5.10 Å². The van der Waals surface area contributed by atoms with Gasteiger partial charge in [-0.25, -0.2) is 9.78 Å². The number of rotatable bonds is 5. The third-order valence-corrected chi connectivity index (χ3v) is 6.03. The fourth-order valence-corrected chi connectivity index (χ4v) is 4.26. The van der Waals surface area contributed by atoms with Crippen LogP contribution >= 0.6 is 0 Å². The summed E-state index contributed by atoms with van der Waals surface area (Å²) in [5.74, 6) is 1.90. The third kappa shape index (κ3) is 4.16. The molecule has 0 bridgehead atoms. The molecule has 2 fully saturated rings. The first-order chi connectivity index (χ1) is 15.2. The lowest BCUT2D eigenvalue weighted by molar-refractivity contribution is 0.0148. The minimum Gasteiger partial charge on any atom is -0.441 e. The van der Waals surface area contributed by atoms with Gasteiger partial charge in [-0.3, -0.25) is 4.90 Å². The summed E-state index contributed by atoms with van der Waals surface area (Å²) in [4.78, 5) is 18.5. The Morgan fingerprint density at radius 3 is 2.55 bits per heavy atom. The number of nitrogens with zero attached hydrogens (tertiary/aromatic N) is 6. The highest BCUT2D eigenvalue weighted by Crippen LogP contribution is 2.40. The van der Waals surface area contributed by atoms with Crippen LogP contribution in [-0.2, 0) is 4.74 Å². The van der Waals surface area contributed by atoms with Gasteiger partial charge >= 0.3 is 6.09 Å². The number of aromatic nitrogens is 5. The minimum atomic E-state index is -0.415. The molecular weight excluding hydrogens is 394 g/mol. The SMILES string of the molecule is O=C1OC2(CCC(CNc3ccc(-c4cccnn4)cn3)CC2)CN1c1cccnn1. The van der Waals surface area contributed by atoms with Crippen LogP contribution in [0.5, 0.6) is 0 Å². The van der Waals surface area contributed by atoms with Crippen molar-refractivity contribution in [1.82, 2.24) is 25.4 Å². The molecule has 9 nitrogen and oxygen atoms in total. The number of anilines is 2. The van der Waals surface area contributed by atoms with Gasteiger partial charge in [0.15, 0.2) is 5.82 Å². The molecule has 1 saturated carbocycles. The predicted octanol–water partition coefficient (Wildman–Crippen LogP) is 3.33. The van der Waals surface area contributed by atoms with E-state index in [-0.39, 0.29) is 6.09 Å². The Morgan fingerprint density at radius 1 is 1.06 bits per heavy atom. The van der Waals surface area contributed by atoms with Crippen LogP contribution in [0.4, 0.5) is 16.4 Å². The lowest BCUT2D eigenvalue weighted by atomic mass is 9.78. The van der Waals surface area contributed by atoms with E-state index in [0.717, 1.165) is 49.3 Å². The zero-order chi connectivity index (χ0) is 21.1. The molecule has 3 aromatic heterocycles. The summed E-state index contributed by atoms with van der Waals surface area (Å²) in [6.07, 6.45) is 8.41. The monoisotopic (exact) mass is 417 g/mol. The zero-order valence-electron chi connectivity index (χ0n) is 17.0. The molecule has 9 heteroatoms. The highest BCUT2D eigenvalue weighted by Gasteiger charge is 2.48. The molecule has 3 aromatic rings. The smallest absolute Gasteiger partial charge is 0.416 e. The number of nitrogens with one attached hydrogen (secondary N) is 1. The molecule has 1 aliphatic heterocycles. The summed E-state index contributed by atoms with van der Waals surface area (Å²) in [6.45, 7) is 1.38. The average molecular weight is 417 g/mol. The maximum atomic E-state index is 12.4. The van der Waals surface area contributed by atoms with Crippen LogP contribution < -0.4 is 10.2 Å². The van der Waals surface area contributed by atoms with Crippen molar-refractivity contribution in [2.24, 2.45) is 5.92 Å². The summed E-state index contributed by atoms with van der Waals surface area (Å²) < 4.78 is 5.80. The van der Waals surface area contributed by atoms with Crippen molar-refractivity contribution in [1.29, 1.82) is 0 Å². The molecule has 0 unspecified atom stereocenters. The molecule has 1 saturated heterocycles. The van der Waals surface area contributed by atoms with Crippen molar-refractivity contribution in [3.8, 4) is 11.3 Å². The van der Waals surface area contributed by atoms with Gasteiger partial charge in [0.1, 0.15) is 11.4 Å². The fourth-order valence-electron chi connectivity index (χ4n) is 4.26. The lowest BCUT2D eigenvalue weighted by Crippen LogP contribution is -2.39. The number of pyridine rings is 1. The number of hydrogen-bond donors (Lipinski definition) is 1. The molecule has 1 N–H and O–H groups in total. The van der Waals surface area contributed by atoms with Gasteiger partial charge in [-0.1, -0.05) is 0 Å². The van der Waals surface area contributed by atoms with Crippen LogP contribution in [0.25, 0.3) is 11.3 Å². The molecule has 1 amide bonds. The second kappa shape index (κ2) is 8.25. The molecule has 0 radical (unpaired) electrons.